The van der Waals surface area contributed by atoms with Gasteiger partial charge < -0.3 is 4.74 Å². The Hall–Kier alpha value is -3.44. The molecule has 0 fully saturated rings. The summed E-state index contributed by atoms with van der Waals surface area (Å²) in [5.41, 5.74) is 4.98. The number of nitrogens with zero attached hydrogens (tertiary/aromatic N) is 1. The molecule has 5 heteroatoms. The van der Waals surface area contributed by atoms with Crippen LogP contribution < -0.4 is 10.2 Å². The summed E-state index contributed by atoms with van der Waals surface area (Å²) < 4.78 is 6.80. The maximum absolute atomic E-state index is 12.3. The number of hydrogen-bond acceptors (Lipinski definition) is 3. The summed E-state index contributed by atoms with van der Waals surface area (Å²) in [4.78, 5) is 12.3. The Bertz CT molecular complexity index is 1220. The molecule has 0 aliphatic heterocycles. The van der Waals surface area contributed by atoms with Crippen molar-refractivity contribution in [3.05, 3.63) is 112 Å². The summed E-state index contributed by atoms with van der Waals surface area (Å²) in [7, 11) is 0. The zero-order valence-corrected chi connectivity index (χ0v) is 17.7. The second-order valence-electron chi connectivity index (χ2n) is 6.64. The Labute approximate surface area is 183 Å². The molecule has 4 rings (SSSR count). The van der Waals surface area contributed by atoms with Crippen LogP contribution in [-0.4, -0.2) is 12.1 Å². The van der Waals surface area contributed by atoms with Gasteiger partial charge in [0, 0.05) is 10.0 Å². The highest BCUT2D eigenvalue weighted by Gasteiger charge is 2.08. The fourth-order valence-corrected chi connectivity index (χ4v) is 3.62. The topological polar surface area (TPSA) is 50.7 Å². The molecule has 0 aliphatic rings. The first-order valence-electron chi connectivity index (χ1n) is 9.49. The summed E-state index contributed by atoms with van der Waals surface area (Å²) in [5.74, 6) is 0.414. The number of halogens is 1. The fourth-order valence-electron chi connectivity index (χ4n) is 3.16. The van der Waals surface area contributed by atoms with Crippen LogP contribution in [0.1, 0.15) is 21.5 Å². The SMILES string of the molecule is O=C(N/N=C\c1ccccc1OCc1cccc2ccccc12)c1ccccc1Br. The van der Waals surface area contributed by atoms with Gasteiger partial charge in [-0.3, -0.25) is 4.79 Å². The average Bonchev–Trinajstić information content (AvgIpc) is 2.78. The van der Waals surface area contributed by atoms with Gasteiger partial charge in [-0.25, -0.2) is 5.43 Å². The molecule has 0 aromatic heterocycles. The lowest BCUT2D eigenvalue weighted by molar-refractivity contribution is 0.0954. The largest absolute Gasteiger partial charge is 0.488 e. The minimum atomic E-state index is -0.284. The smallest absolute Gasteiger partial charge is 0.272 e. The molecule has 0 aliphatic carbocycles. The van der Waals surface area contributed by atoms with Crippen molar-refractivity contribution in [1.82, 2.24) is 5.43 Å². The van der Waals surface area contributed by atoms with Crippen LogP contribution in [0.15, 0.2) is 101 Å². The Balaban J connectivity index is 1.47. The van der Waals surface area contributed by atoms with Crippen LogP contribution in [0.3, 0.4) is 0 Å². The number of hydrazone groups is 1. The van der Waals surface area contributed by atoms with Gasteiger partial charge >= 0.3 is 0 Å². The quantitative estimate of drug-likeness (QED) is 0.286. The molecule has 148 valence electrons. The number of amides is 1. The molecule has 0 radical (unpaired) electrons. The van der Waals surface area contributed by atoms with Crippen molar-refractivity contribution < 1.29 is 9.53 Å². The standard InChI is InChI=1S/C25H19BrN2O2/c26-23-14-5-4-13-22(23)25(29)28-27-16-19-9-2-6-15-24(19)30-17-20-11-7-10-18-8-1-3-12-21(18)20/h1-16H,17H2,(H,28,29)/b27-16-. The summed E-state index contributed by atoms with van der Waals surface area (Å²) in [6, 6.07) is 29.2. The molecular weight excluding hydrogens is 440 g/mol. The molecule has 4 nitrogen and oxygen atoms in total. The molecule has 0 saturated carbocycles. The van der Waals surface area contributed by atoms with E-state index < -0.39 is 0 Å². The number of para-hydroxylation sites is 1. The fraction of sp³-hybridized carbons (Fsp3) is 0.0400. The van der Waals surface area contributed by atoms with E-state index in [1.54, 1.807) is 18.3 Å². The molecule has 4 aromatic carbocycles. The van der Waals surface area contributed by atoms with Gasteiger partial charge in [-0.2, -0.15) is 5.10 Å². The second-order valence-corrected chi connectivity index (χ2v) is 7.50. The molecule has 0 atom stereocenters. The monoisotopic (exact) mass is 458 g/mol. The van der Waals surface area contributed by atoms with E-state index in [9.17, 15) is 4.79 Å². The minimum absolute atomic E-state index is 0.284. The number of carbonyl (C=O) groups excluding carboxylic acids is 1. The average molecular weight is 459 g/mol. The predicted molar refractivity (Wildman–Crippen MR) is 124 cm³/mol. The maximum Gasteiger partial charge on any atom is 0.272 e. The first-order valence-corrected chi connectivity index (χ1v) is 10.3. The van der Waals surface area contributed by atoms with Gasteiger partial charge in [0.1, 0.15) is 12.4 Å². The zero-order valence-electron chi connectivity index (χ0n) is 16.1. The van der Waals surface area contributed by atoms with E-state index in [1.807, 2.05) is 54.6 Å². The van der Waals surface area contributed by atoms with E-state index in [2.05, 4.69) is 50.7 Å². The number of nitrogens with one attached hydrogen (secondary N) is 1. The first kappa shape index (κ1) is 19.9. The van der Waals surface area contributed by atoms with Gasteiger partial charge in [-0.1, -0.05) is 66.7 Å². The van der Waals surface area contributed by atoms with Gasteiger partial charge in [-0.05, 0) is 56.5 Å². The highest BCUT2D eigenvalue weighted by molar-refractivity contribution is 9.10. The summed E-state index contributed by atoms with van der Waals surface area (Å²) in [5, 5.41) is 6.46. The van der Waals surface area contributed by atoms with Gasteiger partial charge in [0.05, 0.1) is 11.8 Å². The second kappa shape index (κ2) is 9.37. The lowest BCUT2D eigenvalue weighted by Crippen LogP contribution is -2.18. The van der Waals surface area contributed by atoms with Gasteiger partial charge in [-0.15, -0.1) is 0 Å². The van der Waals surface area contributed by atoms with Gasteiger partial charge in [0.15, 0.2) is 0 Å². The Morgan fingerprint density at radius 3 is 2.53 bits per heavy atom. The maximum atomic E-state index is 12.3. The van der Waals surface area contributed by atoms with Crippen LogP contribution >= 0.6 is 15.9 Å². The van der Waals surface area contributed by atoms with Crippen molar-refractivity contribution >= 4 is 38.8 Å². The molecule has 0 saturated heterocycles. The van der Waals surface area contributed by atoms with Crippen LogP contribution in [0.5, 0.6) is 5.75 Å². The summed E-state index contributed by atoms with van der Waals surface area (Å²) in [6.07, 6.45) is 1.59. The number of rotatable bonds is 6. The van der Waals surface area contributed by atoms with E-state index in [4.69, 9.17) is 4.74 Å². The van der Waals surface area contributed by atoms with Crippen molar-refractivity contribution in [1.29, 1.82) is 0 Å². The number of carbonyl (C=O) groups is 1. The molecule has 0 spiro atoms. The van der Waals surface area contributed by atoms with E-state index in [-0.39, 0.29) is 5.91 Å². The number of fused-ring (bicyclic) bond motifs is 1. The first-order chi connectivity index (χ1) is 14.7. The van der Waals surface area contributed by atoms with Gasteiger partial charge in [0.25, 0.3) is 5.91 Å². The van der Waals surface area contributed by atoms with E-state index in [0.29, 0.717) is 17.9 Å². The lowest BCUT2D eigenvalue weighted by Gasteiger charge is -2.11. The normalized spacial score (nSPS) is 11.0. The number of hydrogen-bond donors (Lipinski definition) is 1. The molecule has 1 amide bonds. The van der Waals surface area contributed by atoms with E-state index >= 15 is 0 Å². The lowest BCUT2D eigenvalue weighted by atomic mass is 10.1. The summed E-state index contributed by atoms with van der Waals surface area (Å²) in [6.45, 7) is 0.440. The molecule has 30 heavy (non-hydrogen) atoms. The van der Waals surface area contributed by atoms with Crippen LogP contribution in [0.25, 0.3) is 10.8 Å². The van der Waals surface area contributed by atoms with Gasteiger partial charge in [0.2, 0.25) is 0 Å². The minimum Gasteiger partial charge on any atom is -0.488 e. The zero-order chi connectivity index (χ0) is 20.8. The van der Waals surface area contributed by atoms with Crippen LogP contribution in [0, 0.1) is 0 Å². The van der Waals surface area contributed by atoms with Crippen LogP contribution in [-0.2, 0) is 6.61 Å². The van der Waals surface area contributed by atoms with Crippen LogP contribution in [0.4, 0.5) is 0 Å². The predicted octanol–water partition coefficient (Wildman–Crippen LogP) is 5.95. The highest BCUT2D eigenvalue weighted by Crippen LogP contribution is 2.22. The van der Waals surface area contributed by atoms with E-state index in [0.717, 1.165) is 15.6 Å². The Morgan fingerprint density at radius 2 is 1.63 bits per heavy atom. The molecular formula is C25H19BrN2O2. The van der Waals surface area contributed by atoms with Crippen LogP contribution in [0.2, 0.25) is 0 Å². The molecule has 1 N–H and O–H groups in total. The van der Waals surface area contributed by atoms with Crippen molar-refractivity contribution in [3.63, 3.8) is 0 Å². The number of benzene rings is 4. The highest BCUT2D eigenvalue weighted by atomic mass is 79.9. The molecule has 4 aromatic rings. The van der Waals surface area contributed by atoms with Crippen molar-refractivity contribution in [2.45, 2.75) is 6.61 Å². The Morgan fingerprint density at radius 1 is 0.900 bits per heavy atom. The third-order valence-corrected chi connectivity index (χ3v) is 5.36. The molecule has 0 bridgehead atoms. The molecule has 0 heterocycles. The van der Waals surface area contributed by atoms with Crippen molar-refractivity contribution in [3.8, 4) is 5.75 Å². The van der Waals surface area contributed by atoms with E-state index in [1.165, 1.54) is 10.8 Å². The Kier molecular flexibility index (Phi) is 6.20. The van der Waals surface area contributed by atoms with Crippen molar-refractivity contribution in [2.75, 3.05) is 0 Å². The third-order valence-electron chi connectivity index (χ3n) is 4.67. The van der Waals surface area contributed by atoms with Crippen molar-refractivity contribution in [2.24, 2.45) is 5.10 Å². The summed E-state index contributed by atoms with van der Waals surface area (Å²) >= 11 is 3.37. The third kappa shape index (κ3) is 4.58. The molecule has 0 unspecified atom stereocenters. The number of ether oxygens (including phenoxy) is 1.